The van der Waals surface area contributed by atoms with E-state index in [2.05, 4.69) is 36.5 Å². The average molecular weight is 403 g/mol. The van der Waals surface area contributed by atoms with Crippen molar-refractivity contribution in [3.63, 3.8) is 0 Å². The molecule has 3 heterocycles. The molecule has 0 fully saturated rings. The Morgan fingerprint density at radius 3 is 2.83 bits per heavy atom. The highest BCUT2D eigenvalue weighted by Gasteiger charge is 2.10. The monoisotopic (exact) mass is 403 g/mol. The number of fused-ring (bicyclic) bond motifs is 1. The molecule has 0 amide bonds. The number of rotatable bonds is 3. The summed E-state index contributed by atoms with van der Waals surface area (Å²) >= 11 is 0. The molecule has 2 N–H and O–H groups in total. The van der Waals surface area contributed by atoms with Crippen LogP contribution in [0.1, 0.15) is 27.2 Å². The molecule has 8 heteroatoms. The van der Waals surface area contributed by atoms with Crippen LogP contribution in [0.4, 0.5) is 11.4 Å². The fourth-order valence-electron chi connectivity index (χ4n) is 3.02. The number of aryl methyl sites for hydroxylation is 2. The summed E-state index contributed by atoms with van der Waals surface area (Å²) in [5.74, 6) is 5.22. The van der Waals surface area contributed by atoms with Gasteiger partial charge < -0.3 is 10.4 Å². The van der Waals surface area contributed by atoms with Crippen LogP contribution in [0.25, 0.3) is 5.65 Å². The van der Waals surface area contributed by atoms with E-state index in [0.717, 1.165) is 22.6 Å². The van der Waals surface area contributed by atoms with Crippen molar-refractivity contribution in [3.8, 4) is 11.8 Å². The summed E-state index contributed by atoms with van der Waals surface area (Å²) in [6.07, 6.45) is 7.22. The summed E-state index contributed by atoms with van der Waals surface area (Å²) in [4.78, 5) is 15.9. The quantitative estimate of drug-likeness (QED) is 0.406. The van der Waals surface area contributed by atoms with Crippen LogP contribution in [0.5, 0.6) is 0 Å². The molecular weight excluding hydrogens is 385 g/mol. The van der Waals surface area contributed by atoms with Gasteiger partial charge in [0.15, 0.2) is 5.65 Å². The lowest BCUT2D eigenvalue weighted by atomic mass is 10.0. The van der Waals surface area contributed by atoms with Gasteiger partial charge in [0.1, 0.15) is 5.69 Å². The molecule has 4 aromatic rings. The van der Waals surface area contributed by atoms with Crippen LogP contribution in [0.2, 0.25) is 0 Å². The van der Waals surface area contributed by atoms with Gasteiger partial charge in [-0.3, -0.25) is 9.08 Å². The van der Waals surface area contributed by atoms with Gasteiger partial charge >= 0.3 is 5.97 Å². The van der Waals surface area contributed by atoms with Gasteiger partial charge in [0.05, 0.1) is 29.3 Å². The SMILES string of the molecule is Cc1cc(P)c(C(=O)O)cc1C#Cc1cnc2c(Nc3cnn(C)c3)cccn12. The van der Waals surface area contributed by atoms with Crippen LogP contribution in [0.15, 0.2) is 49.1 Å². The molecule has 0 radical (unpaired) electrons. The lowest BCUT2D eigenvalue weighted by Crippen LogP contribution is -2.10. The second-order valence-corrected chi connectivity index (χ2v) is 7.22. The molecule has 0 spiro atoms. The maximum Gasteiger partial charge on any atom is 0.336 e. The summed E-state index contributed by atoms with van der Waals surface area (Å²) < 4.78 is 3.61. The number of hydrogen-bond donors (Lipinski definition) is 2. The fourth-order valence-corrected chi connectivity index (χ4v) is 3.48. The Balaban J connectivity index is 1.71. The maximum atomic E-state index is 11.4. The Hall–Kier alpha value is -3.62. The van der Waals surface area contributed by atoms with Crippen molar-refractivity contribution < 1.29 is 9.90 Å². The number of carboxylic acid groups (broad SMARTS) is 1. The normalized spacial score (nSPS) is 10.6. The molecule has 0 aliphatic rings. The molecule has 1 aromatic carbocycles. The summed E-state index contributed by atoms with van der Waals surface area (Å²) in [7, 11) is 4.31. The highest BCUT2D eigenvalue weighted by molar-refractivity contribution is 7.27. The molecule has 0 aliphatic heterocycles. The zero-order valence-electron chi connectivity index (χ0n) is 15.8. The number of aromatic carboxylic acids is 1. The number of anilines is 2. The number of nitrogens with zero attached hydrogens (tertiary/aromatic N) is 4. The first kappa shape index (κ1) is 18.7. The van der Waals surface area contributed by atoms with E-state index in [1.165, 1.54) is 0 Å². The molecule has 0 saturated heterocycles. The van der Waals surface area contributed by atoms with Crippen molar-refractivity contribution in [3.05, 3.63) is 71.4 Å². The largest absolute Gasteiger partial charge is 0.478 e. The van der Waals surface area contributed by atoms with E-state index in [1.54, 1.807) is 23.1 Å². The van der Waals surface area contributed by atoms with E-state index in [-0.39, 0.29) is 5.56 Å². The highest BCUT2D eigenvalue weighted by atomic mass is 31.0. The number of benzene rings is 1. The Bertz CT molecular complexity index is 1310. The van der Waals surface area contributed by atoms with Crippen molar-refractivity contribution in [2.75, 3.05) is 5.32 Å². The van der Waals surface area contributed by atoms with Gasteiger partial charge in [-0.15, -0.1) is 9.24 Å². The molecular formula is C21H18N5O2P. The lowest BCUT2D eigenvalue weighted by Gasteiger charge is -2.05. The van der Waals surface area contributed by atoms with Crippen molar-refractivity contribution in [2.45, 2.75) is 6.92 Å². The molecule has 1 atom stereocenters. The maximum absolute atomic E-state index is 11.4. The summed E-state index contributed by atoms with van der Waals surface area (Å²) in [5, 5.41) is 17.4. The van der Waals surface area contributed by atoms with Gasteiger partial charge in [0.2, 0.25) is 0 Å². The third-order valence-electron chi connectivity index (χ3n) is 4.47. The van der Waals surface area contributed by atoms with Crippen LogP contribution < -0.4 is 10.6 Å². The van der Waals surface area contributed by atoms with Crippen molar-refractivity contribution in [1.29, 1.82) is 0 Å². The molecule has 7 nitrogen and oxygen atoms in total. The standard InChI is InChI=1S/C21H18N5O2P/c1-13-8-19(29)17(21(27)28)9-14(13)5-6-16-11-22-20-18(4-3-7-26(16)20)24-15-10-23-25(2)12-15/h3-4,7-12,24H,29H2,1-2H3,(H,27,28). The minimum Gasteiger partial charge on any atom is -0.478 e. The van der Waals surface area contributed by atoms with Gasteiger partial charge in [-0.2, -0.15) is 5.10 Å². The average Bonchev–Trinajstić information content (AvgIpc) is 3.27. The molecule has 0 bridgehead atoms. The number of carbonyl (C=O) groups is 1. The smallest absolute Gasteiger partial charge is 0.336 e. The summed E-state index contributed by atoms with van der Waals surface area (Å²) in [6.45, 7) is 1.91. The molecule has 0 aliphatic carbocycles. The number of nitrogens with one attached hydrogen (secondary N) is 1. The number of hydrogen-bond acceptors (Lipinski definition) is 4. The minimum atomic E-state index is -0.973. The molecule has 1 unspecified atom stereocenters. The minimum absolute atomic E-state index is 0.228. The molecule has 29 heavy (non-hydrogen) atoms. The van der Waals surface area contributed by atoms with Crippen molar-refractivity contribution in [2.24, 2.45) is 7.05 Å². The van der Waals surface area contributed by atoms with E-state index in [4.69, 9.17) is 0 Å². The van der Waals surface area contributed by atoms with Crippen molar-refractivity contribution >= 4 is 37.5 Å². The number of imidazole rings is 1. The molecule has 144 valence electrons. The fraction of sp³-hybridized carbons (Fsp3) is 0.0952. The second kappa shape index (κ2) is 7.42. The predicted octanol–water partition coefficient (Wildman–Crippen LogP) is 2.72. The van der Waals surface area contributed by atoms with E-state index >= 15 is 0 Å². The van der Waals surface area contributed by atoms with Gasteiger partial charge in [-0.25, -0.2) is 9.78 Å². The van der Waals surface area contributed by atoms with E-state index in [9.17, 15) is 9.90 Å². The van der Waals surface area contributed by atoms with Gasteiger partial charge in [0.25, 0.3) is 0 Å². The first-order valence-corrected chi connectivity index (χ1v) is 9.37. The highest BCUT2D eigenvalue weighted by Crippen LogP contribution is 2.21. The third-order valence-corrected chi connectivity index (χ3v) is 4.95. The first-order valence-electron chi connectivity index (χ1n) is 8.79. The Morgan fingerprint density at radius 2 is 2.10 bits per heavy atom. The number of pyridine rings is 1. The van der Waals surface area contributed by atoms with Crippen molar-refractivity contribution in [1.82, 2.24) is 19.2 Å². The Morgan fingerprint density at radius 1 is 1.28 bits per heavy atom. The summed E-state index contributed by atoms with van der Waals surface area (Å²) in [6, 6.07) is 7.26. The molecule has 0 saturated carbocycles. The van der Waals surface area contributed by atoms with E-state index in [1.807, 2.05) is 49.0 Å². The molecule has 4 rings (SSSR count). The Labute approximate surface area is 169 Å². The van der Waals surface area contributed by atoms with E-state index < -0.39 is 5.97 Å². The summed E-state index contributed by atoms with van der Waals surface area (Å²) in [5.41, 5.74) is 4.97. The van der Waals surface area contributed by atoms with Crippen LogP contribution in [0, 0.1) is 18.8 Å². The third kappa shape index (κ3) is 3.71. The van der Waals surface area contributed by atoms with Gasteiger partial charge in [-0.05, 0) is 41.9 Å². The zero-order chi connectivity index (χ0) is 20.5. The van der Waals surface area contributed by atoms with Crippen LogP contribution in [-0.4, -0.2) is 30.2 Å². The lowest BCUT2D eigenvalue weighted by molar-refractivity contribution is 0.0698. The van der Waals surface area contributed by atoms with Crippen LogP contribution in [-0.2, 0) is 7.05 Å². The number of aromatic nitrogens is 4. The topological polar surface area (TPSA) is 84.4 Å². The van der Waals surface area contributed by atoms with E-state index in [0.29, 0.717) is 16.6 Å². The molecule has 3 aromatic heterocycles. The zero-order valence-corrected chi connectivity index (χ0v) is 17.0. The van der Waals surface area contributed by atoms with Crippen LogP contribution >= 0.6 is 9.24 Å². The predicted molar refractivity (Wildman–Crippen MR) is 115 cm³/mol. The van der Waals surface area contributed by atoms with Gasteiger partial charge in [0, 0.05) is 25.0 Å². The Kier molecular flexibility index (Phi) is 4.79. The van der Waals surface area contributed by atoms with Gasteiger partial charge in [-0.1, -0.05) is 12.0 Å². The first-order chi connectivity index (χ1) is 13.9. The van der Waals surface area contributed by atoms with Crippen LogP contribution in [0.3, 0.4) is 0 Å². The number of carboxylic acids is 1. The second-order valence-electron chi connectivity index (χ2n) is 6.60.